The molecule has 2 N–H and O–H groups in total. The topological polar surface area (TPSA) is 75.1 Å². The predicted octanol–water partition coefficient (Wildman–Crippen LogP) is 3.63. The summed E-state index contributed by atoms with van der Waals surface area (Å²) in [5.74, 6) is 0.763. The van der Waals surface area contributed by atoms with Crippen LogP contribution in [-0.2, 0) is 0 Å². The fourth-order valence-corrected chi connectivity index (χ4v) is 3.62. The maximum atomic E-state index is 12.4. The van der Waals surface area contributed by atoms with Crippen molar-refractivity contribution in [3.63, 3.8) is 0 Å². The van der Waals surface area contributed by atoms with Crippen molar-refractivity contribution in [2.24, 2.45) is 0 Å². The molecule has 2 amide bonds. The minimum absolute atomic E-state index is 0.0433. The van der Waals surface area contributed by atoms with Crippen LogP contribution in [0.2, 0.25) is 5.02 Å². The molecule has 1 aliphatic heterocycles. The van der Waals surface area contributed by atoms with Gasteiger partial charge in [-0.1, -0.05) is 11.6 Å². The number of anilines is 2. The summed E-state index contributed by atoms with van der Waals surface area (Å²) in [6.45, 7) is 3.45. The molecule has 0 aliphatic carbocycles. The molecule has 0 radical (unpaired) electrons. The third-order valence-corrected chi connectivity index (χ3v) is 5.08. The SMILES string of the molecule is Cc1cc(-n2cccn2)ccc1NC(=O)N[C@@H]1CCN(c2ncccc2Cl)C1. The summed E-state index contributed by atoms with van der Waals surface area (Å²) in [4.78, 5) is 18.9. The summed E-state index contributed by atoms with van der Waals surface area (Å²) in [5, 5.41) is 10.8. The van der Waals surface area contributed by atoms with Crippen LogP contribution in [0.5, 0.6) is 0 Å². The fraction of sp³-hybridized carbons (Fsp3) is 0.250. The number of halogens is 1. The van der Waals surface area contributed by atoms with E-state index in [2.05, 4.69) is 25.6 Å². The molecule has 1 aliphatic rings. The third-order valence-electron chi connectivity index (χ3n) is 4.79. The Labute approximate surface area is 168 Å². The van der Waals surface area contributed by atoms with Crippen LogP contribution in [-0.4, -0.2) is 39.9 Å². The van der Waals surface area contributed by atoms with Gasteiger partial charge < -0.3 is 15.5 Å². The molecule has 1 fully saturated rings. The molecule has 144 valence electrons. The van der Waals surface area contributed by atoms with E-state index in [1.54, 1.807) is 17.1 Å². The van der Waals surface area contributed by atoms with E-state index in [0.29, 0.717) is 11.6 Å². The molecular weight excluding hydrogens is 376 g/mol. The lowest BCUT2D eigenvalue weighted by atomic mass is 10.2. The predicted molar refractivity (Wildman–Crippen MR) is 110 cm³/mol. The summed E-state index contributed by atoms with van der Waals surface area (Å²) in [6.07, 6.45) is 6.19. The molecule has 1 atom stereocenters. The Balaban J connectivity index is 1.35. The van der Waals surface area contributed by atoms with Gasteiger partial charge in [-0.15, -0.1) is 0 Å². The van der Waals surface area contributed by atoms with Crippen LogP contribution >= 0.6 is 11.6 Å². The Kier molecular flexibility index (Phi) is 5.16. The first-order valence-corrected chi connectivity index (χ1v) is 9.51. The molecule has 4 rings (SSSR count). The van der Waals surface area contributed by atoms with Gasteiger partial charge in [0.15, 0.2) is 0 Å². The van der Waals surface area contributed by atoms with Gasteiger partial charge in [0, 0.05) is 43.4 Å². The van der Waals surface area contributed by atoms with Crippen molar-refractivity contribution in [2.75, 3.05) is 23.3 Å². The van der Waals surface area contributed by atoms with Gasteiger partial charge in [-0.05, 0) is 55.3 Å². The van der Waals surface area contributed by atoms with Gasteiger partial charge >= 0.3 is 6.03 Å². The minimum atomic E-state index is -0.214. The fourth-order valence-electron chi connectivity index (χ4n) is 3.38. The number of nitrogens with one attached hydrogen (secondary N) is 2. The Morgan fingerprint density at radius 1 is 1.25 bits per heavy atom. The van der Waals surface area contributed by atoms with Gasteiger partial charge in [-0.25, -0.2) is 14.5 Å². The number of benzene rings is 1. The maximum Gasteiger partial charge on any atom is 0.319 e. The molecule has 0 unspecified atom stereocenters. The van der Waals surface area contributed by atoms with Crippen molar-refractivity contribution in [3.8, 4) is 5.69 Å². The molecule has 8 heteroatoms. The van der Waals surface area contributed by atoms with Crippen LogP contribution < -0.4 is 15.5 Å². The first-order valence-electron chi connectivity index (χ1n) is 9.14. The number of rotatable bonds is 4. The quantitative estimate of drug-likeness (QED) is 0.706. The number of urea groups is 1. The number of carbonyl (C=O) groups excluding carboxylic acids is 1. The Morgan fingerprint density at radius 3 is 2.89 bits per heavy atom. The molecule has 1 aromatic carbocycles. The zero-order chi connectivity index (χ0) is 19.5. The van der Waals surface area contributed by atoms with Crippen molar-refractivity contribution < 1.29 is 4.79 Å². The summed E-state index contributed by atoms with van der Waals surface area (Å²) >= 11 is 6.22. The van der Waals surface area contributed by atoms with E-state index < -0.39 is 0 Å². The number of aryl methyl sites for hydroxylation is 1. The first-order chi connectivity index (χ1) is 13.6. The van der Waals surface area contributed by atoms with Crippen molar-refractivity contribution in [1.82, 2.24) is 20.1 Å². The molecule has 0 bridgehead atoms. The lowest BCUT2D eigenvalue weighted by Gasteiger charge is -2.19. The molecule has 1 saturated heterocycles. The highest BCUT2D eigenvalue weighted by Gasteiger charge is 2.26. The van der Waals surface area contributed by atoms with Gasteiger partial charge in [0.25, 0.3) is 0 Å². The minimum Gasteiger partial charge on any atom is -0.353 e. The summed E-state index contributed by atoms with van der Waals surface area (Å²) < 4.78 is 1.78. The van der Waals surface area contributed by atoms with Crippen LogP contribution in [0.15, 0.2) is 55.0 Å². The van der Waals surface area contributed by atoms with Gasteiger partial charge in [0.05, 0.1) is 10.7 Å². The lowest BCUT2D eigenvalue weighted by molar-refractivity contribution is 0.249. The highest BCUT2D eigenvalue weighted by Crippen LogP contribution is 2.26. The van der Waals surface area contributed by atoms with E-state index in [9.17, 15) is 4.79 Å². The number of amides is 2. The van der Waals surface area contributed by atoms with E-state index in [0.717, 1.165) is 35.7 Å². The average Bonchev–Trinajstić information content (AvgIpc) is 3.36. The molecule has 2 aromatic heterocycles. The van der Waals surface area contributed by atoms with Crippen molar-refractivity contribution in [1.29, 1.82) is 0 Å². The van der Waals surface area contributed by atoms with E-state index in [1.807, 2.05) is 49.5 Å². The molecule has 28 heavy (non-hydrogen) atoms. The normalized spacial score (nSPS) is 16.2. The molecule has 3 heterocycles. The number of pyridine rings is 1. The monoisotopic (exact) mass is 396 g/mol. The highest BCUT2D eigenvalue weighted by molar-refractivity contribution is 6.32. The Morgan fingerprint density at radius 2 is 2.14 bits per heavy atom. The zero-order valence-corrected chi connectivity index (χ0v) is 16.2. The van der Waals surface area contributed by atoms with Gasteiger partial charge in [-0.2, -0.15) is 5.10 Å². The largest absolute Gasteiger partial charge is 0.353 e. The second-order valence-electron chi connectivity index (χ2n) is 6.79. The molecule has 0 spiro atoms. The Hall–Kier alpha value is -3.06. The van der Waals surface area contributed by atoms with Gasteiger partial charge in [0.2, 0.25) is 0 Å². The number of hydrogen-bond donors (Lipinski definition) is 2. The second kappa shape index (κ2) is 7.90. The standard InChI is InChI=1S/C20H21ClN6O/c1-14-12-16(27-10-3-9-23-27)5-6-18(14)25-20(28)24-15-7-11-26(13-15)19-17(21)4-2-8-22-19/h2-6,8-10,12,15H,7,11,13H2,1H3,(H2,24,25,28)/t15-/m1/s1. The average molecular weight is 397 g/mol. The zero-order valence-electron chi connectivity index (χ0n) is 15.5. The summed E-state index contributed by atoms with van der Waals surface area (Å²) in [6, 6.07) is 11.1. The summed E-state index contributed by atoms with van der Waals surface area (Å²) in [7, 11) is 0. The van der Waals surface area contributed by atoms with Crippen LogP contribution in [0.25, 0.3) is 5.69 Å². The molecule has 0 saturated carbocycles. The van der Waals surface area contributed by atoms with Crippen molar-refractivity contribution in [3.05, 3.63) is 65.6 Å². The third kappa shape index (κ3) is 3.94. The molecule has 3 aromatic rings. The number of carbonyl (C=O) groups is 1. The summed E-state index contributed by atoms with van der Waals surface area (Å²) in [5.41, 5.74) is 2.69. The number of aromatic nitrogens is 3. The van der Waals surface area contributed by atoms with Crippen molar-refractivity contribution in [2.45, 2.75) is 19.4 Å². The van der Waals surface area contributed by atoms with Crippen LogP contribution in [0, 0.1) is 6.92 Å². The van der Waals surface area contributed by atoms with Crippen LogP contribution in [0.1, 0.15) is 12.0 Å². The first kappa shape index (κ1) is 18.3. The van der Waals surface area contributed by atoms with Gasteiger partial charge in [0.1, 0.15) is 5.82 Å². The molecule has 7 nitrogen and oxygen atoms in total. The highest BCUT2D eigenvalue weighted by atomic mass is 35.5. The van der Waals surface area contributed by atoms with Crippen molar-refractivity contribution >= 4 is 29.1 Å². The van der Waals surface area contributed by atoms with Crippen LogP contribution in [0.3, 0.4) is 0 Å². The van der Waals surface area contributed by atoms with Crippen LogP contribution in [0.4, 0.5) is 16.3 Å². The van der Waals surface area contributed by atoms with E-state index in [1.165, 1.54) is 0 Å². The lowest BCUT2D eigenvalue weighted by Crippen LogP contribution is -2.40. The van der Waals surface area contributed by atoms with E-state index >= 15 is 0 Å². The molecular formula is C20H21ClN6O. The number of nitrogens with zero attached hydrogens (tertiary/aromatic N) is 4. The number of hydrogen-bond acceptors (Lipinski definition) is 4. The maximum absolute atomic E-state index is 12.4. The smallest absolute Gasteiger partial charge is 0.319 e. The van der Waals surface area contributed by atoms with E-state index in [4.69, 9.17) is 11.6 Å². The Bertz CT molecular complexity index is 975. The van der Waals surface area contributed by atoms with E-state index in [-0.39, 0.29) is 12.1 Å². The second-order valence-corrected chi connectivity index (χ2v) is 7.20. The van der Waals surface area contributed by atoms with Gasteiger partial charge in [-0.3, -0.25) is 0 Å².